The molecule has 1 aliphatic carbocycles. The fourth-order valence-electron chi connectivity index (χ4n) is 2.71. The lowest BCUT2D eigenvalue weighted by atomic mass is 10.1. The van der Waals surface area contributed by atoms with E-state index in [1.807, 2.05) is 13.8 Å². The minimum Gasteiger partial charge on any atom is -0.361 e. The first kappa shape index (κ1) is 14.1. The van der Waals surface area contributed by atoms with E-state index in [9.17, 15) is 4.79 Å². The SMILES string of the molecule is CCc1noc(CC)c1CNC(=O)C1CCC(N)C1. The molecule has 1 saturated carbocycles. The predicted molar refractivity (Wildman–Crippen MR) is 72.4 cm³/mol. The van der Waals surface area contributed by atoms with E-state index in [4.69, 9.17) is 10.3 Å². The Morgan fingerprint density at radius 2 is 2.21 bits per heavy atom. The summed E-state index contributed by atoms with van der Waals surface area (Å²) in [5.74, 6) is 1.06. The summed E-state index contributed by atoms with van der Waals surface area (Å²) in [5, 5.41) is 7.05. The second-order valence-corrected chi connectivity index (χ2v) is 5.23. The van der Waals surface area contributed by atoms with Crippen LogP contribution in [0.4, 0.5) is 0 Å². The van der Waals surface area contributed by atoms with Crippen molar-refractivity contribution in [2.24, 2.45) is 11.7 Å². The van der Waals surface area contributed by atoms with E-state index >= 15 is 0 Å². The average molecular weight is 265 g/mol. The van der Waals surface area contributed by atoms with Gasteiger partial charge in [0, 0.05) is 30.5 Å². The number of hydrogen-bond acceptors (Lipinski definition) is 4. The number of aryl methyl sites for hydroxylation is 2. The van der Waals surface area contributed by atoms with Crippen LogP contribution in [0.25, 0.3) is 0 Å². The van der Waals surface area contributed by atoms with E-state index in [2.05, 4.69) is 10.5 Å². The monoisotopic (exact) mass is 265 g/mol. The molecule has 1 aromatic heterocycles. The van der Waals surface area contributed by atoms with E-state index in [-0.39, 0.29) is 17.9 Å². The number of nitrogens with zero attached hydrogens (tertiary/aromatic N) is 1. The Kier molecular flexibility index (Phi) is 4.58. The van der Waals surface area contributed by atoms with Gasteiger partial charge in [0.15, 0.2) is 0 Å². The third kappa shape index (κ3) is 3.15. The Morgan fingerprint density at radius 1 is 1.42 bits per heavy atom. The van der Waals surface area contributed by atoms with Gasteiger partial charge in [-0.2, -0.15) is 0 Å². The quantitative estimate of drug-likeness (QED) is 0.846. The molecule has 5 heteroatoms. The lowest BCUT2D eigenvalue weighted by Crippen LogP contribution is -2.30. The van der Waals surface area contributed by atoms with Crippen LogP contribution in [0.15, 0.2) is 4.52 Å². The van der Waals surface area contributed by atoms with Gasteiger partial charge in [0.25, 0.3) is 0 Å². The molecule has 2 atom stereocenters. The molecule has 0 bridgehead atoms. The van der Waals surface area contributed by atoms with Crippen molar-refractivity contribution < 1.29 is 9.32 Å². The maximum Gasteiger partial charge on any atom is 0.223 e. The average Bonchev–Trinajstić information content (AvgIpc) is 3.01. The second-order valence-electron chi connectivity index (χ2n) is 5.23. The zero-order valence-corrected chi connectivity index (χ0v) is 11.7. The predicted octanol–water partition coefficient (Wildman–Crippen LogP) is 1.54. The number of nitrogens with two attached hydrogens (primary N) is 1. The van der Waals surface area contributed by atoms with Gasteiger partial charge < -0.3 is 15.6 Å². The maximum atomic E-state index is 12.1. The van der Waals surface area contributed by atoms with E-state index in [0.29, 0.717) is 6.54 Å². The number of hydrogen-bond donors (Lipinski definition) is 2. The van der Waals surface area contributed by atoms with Gasteiger partial charge in [-0.1, -0.05) is 19.0 Å². The number of carbonyl (C=O) groups excluding carboxylic acids is 1. The Balaban J connectivity index is 1.94. The molecular formula is C14H23N3O2. The molecule has 0 spiro atoms. The highest BCUT2D eigenvalue weighted by Crippen LogP contribution is 2.24. The largest absolute Gasteiger partial charge is 0.361 e. The van der Waals surface area contributed by atoms with Crippen molar-refractivity contribution in [1.82, 2.24) is 10.5 Å². The van der Waals surface area contributed by atoms with Gasteiger partial charge in [0.2, 0.25) is 5.91 Å². The molecule has 1 amide bonds. The lowest BCUT2D eigenvalue weighted by Gasteiger charge is -2.11. The Labute approximate surface area is 113 Å². The molecule has 2 unspecified atom stereocenters. The van der Waals surface area contributed by atoms with E-state index in [1.165, 1.54) is 0 Å². The Morgan fingerprint density at radius 3 is 2.79 bits per heavy atom. The third-order valence-electron chi connectivity index (χ3n) is 3.89. The van der Waals surface area contributed by atoms with Gasteiger partial charge >= 0.3 is 0 Å². The van der Waals surface area contributed by atoms with E-state index in [0.717, 1.165) is 49.1 Å². The molecule has 0 radical (unpaired) electrons. The summed E-state index contributed by atoms with van der Waals surface area (Å²) in [6.45, 7) is 4.58. The summed E-state index contributed by atoms with van der Waals surface area (Å²) in [7, 11) is 0. The molecule has 3 N–H and O–H groups in total. The van der Waals surface area contributed by atoms with Crippen molar-refractivity contribution >= 4 is 5.91 Å². The topological polar surface area (TPSA) is 81.2 Å². The third-order valence-corrected chi connectivity index (χ3v) is 3.89. The molecule has 5 nitrogen and oxygen atoms in total. The maximum absolute atomic E-state index is 12.1. The van der Waals surface area contributed by atoms with Crippen molar-refractivity contribution in [1.29, 1.82) is 0 Å². The molecule has 0 saturated heterocycles. The van der Waals surface area contributed by atoms with E-state index < -0.39 is 0 Å². The summed E-state index contributed by atoms with van der Waals surface area (Å²) in [4.78, 5) is 12.1. The van der Waals surface area contributed by atoms with Gasteiger partial charge in [-0.3, -0.25) is 4.79 Å². The van der Waals surface area contributed by atoms with Crippen LogP contribution in [0.3, 0.4) is 0 Å². The first-order chi connectivity index (χ1) is 9.15. The molecule has 1 aromatic rings. The van der Waals surface area contributed by atoms with Crippen LogP contribution >= 0.6 is 0 Å². The highest BCUT2D eigenvalue weighted by atomic mass is 16.5. The number of aromatic nitrogens is 1. The van der Waals surface area contributed by atoms with Crippen LogP contribution in [0.2, 0.25) is 0 Å². The zero-order chi connectivity index (χ0) is 13.8. The molecule has 19 heavy (non-hydrogen) atoms. The summed E-state index contributed by atoms with van der Waals surface area (Å²) in [5.41, 5.74) is 7.83. The van der Waals surface area contributed by atoms with Gasteiger partial charge in [-0.15, -0.1) is 0 Å². The summed E-state index contributed by atoms with van der Waals surface area (Å²) >= 11 is 0. The molecule has 1 fully saturated rings. The molecule has 0 aromatic carbocycles. The van der Waals surface area contributed by atoms with Crippen molar-refractivity contribution in [3.05, 3.63) is 17.0 Å². The standard InChI is InChI=1S/C14H23N3O2/c1-3-12-11(13(4-2)19-17-12)8-16-14(18)9-5-6-10(15)7-9/h9-10H,3-8,15H2,1-2H3,(H,16,18). The van der Waals surface area contributed by atoms with Crippen molar-refractivity contribution in [3.8, 4) is 0 Å². The summed E-state index contributed by atoms with van der Waals surface area (Å²) in [6.07, 6.45) is 4.27. The fraction of sp³-hybridized carbons (Fsp3) is 0.714. The fourth-order valence-corrected chi connectivity index (χ4v) is 2.71. The number of carbonyl (C=O) groups is 1. The van der Waals surface area contributed by atoms with E-state index in [1.54, 1.807) is 0 Å². The number of nitrogens with one attached hydrogen (secondary N) is 1. The number of amides is 1. The molecule has 1 heterocycles. The van der Waals surface area contributed by atoms with Crippen LogP contribution in [0, 0.1) is 5.92 Å². The van der Waals surface area contributed by atoms with Crippen LogP contribution in [-0.4, -0.2) is 17.1 Å². The van der Waals surface area contributed by atoms with Gasteiger partial charge in [0.1, 0.15) is 5.76 Å². The van der Waals surface area contributed by atoms with Crippen LogP contribution in [-0.2, 0) is 24.2 Å². The Hall–Kier alpha value is -1.36. The second kappa shape index (κ2) is 6.19. The minimum atomic E-state index is 0.0741. The lowest BCUT2D eigenvalue weighted by molar-refractivity contribution is -0.125. The molecule has 0 aliphatic heterocycles. The van der Waals surface area contributed by atoms with Gasteiger partial charge in [0.05, 0.1) is 5.69 Å². The van der Waals surface area contributed by atoms with Crippen molar-refractivity contribution in [2.75, 3.05) is 0 Å². The van der Waals surface area contributed by atoms with Gasteiger partial charge in [-0.25, -0.2) is 0 Å². The first-order valence-electron chi connectivity index (χ1n) is 7.15. The first-order valence-corrected chi connectivity index (χ1v) is 7.15. The van der Waals surface area contributed by atoms with Gasteiger partial charge in [-0.05, 0) is 25.7 Å². The van der Waals surface area contributed by atoms with Crippen LogP contribution < -0.4 is 11.1 Å². The smallest absolute Gasteiger partial charge is 0.223 e. The summed E-state index contributed by atoms with van der Waals surface area (Å²) < 4.78 is 5.29. The summed E-state index contributed by atoms with van der Waals surface area (Å²) in [6, 6.07) is 0.184. The minimum absolute atomic E-state index is 0.0741. The van der Waals surface area contributed by atoms with Crippen molar-refractivity contribution in [2.45, 2.75) is 58.5 Å². The molecule has 1 aliphatic rings. The highest BCUT2D eigenvalue weighted by Gasteiger charge is 2.27. The molecule has 2 rings (SSSR count). The van der Waals surface area contributed by atoms with Crippen LogP contribution in [0.1, 0.15) is 50.1 Å². The zero-order valence-electron chi connectivity index (χ0n) is 11.7. The Bertz CT molecular complexity index is 420. The highest BCUT2D eigenvalue weighted by molar-refractivity contribution is 5.79. The number of rotatable bonds is 5. The normalized spacial score (nSPS) is 22.7. The van der Waals surface area contributed by atoms with Crippen molar-refractivity contribution in [3.63, 3.8) is 0 Å². The molecule has 106 valence electrons. The van der Waals surface area contributed by atoms with Crippen LogP contribution in [0.5, 0.6) is 0 Å². The molecular weight excluding hydrogens is 242 g/mol.